The van der Waals surface area contributed by atoms with Gasteiger partial charge < -0.3 is 0 Å². The Morgan fingerprint density at radius 2 is 1.47 bits per heavy atom. The lowest BCUT2D eigenvalue weighted by molar-refractivity contribution is -0.137. The van der Waals surface area contributed by atoms with Crippen molar-refractivity contribution in [1.29, 1.82) is 0 Å². The minimum atomic E-state index is -5.53. The highest BCUT2D eigenvalue weighted by Gasteiger charge is 2.46. The van der Waals surface area contributed by atoms with Crippen LogP contribution in [0, 0.1) is 0 Å². The molecule has 3 aromatic rings. The molecule has 0 unspecified atom stereocenters. The SMILES string of the molecule is O=S(=O)(Nc1ccc2c(/C=C/c3ccc(C(F)(F)F)cc3)cccc2c1)C(F)(F)F. The standard InChI is InChI=1S/C20H13F6NO2S/c21-19(22,23)16-8-5-13(6-9-16)4-7-14-2-1-3-15-12-17(10-11-18(14)15)27-30(28,29)20(24,25)26/h1-12,27H/b7-4+. The first-order valence-electron chi connectivity index (χ1n) is 8.34. The van der Waals surface area contributed by atoms with Crippen LogP contribution in [0.5, 0.6) is 0 Å². The van der Waals surface area contributed by atoms with Crippen LogP contribution in [-0.2, 0) is 16.2 Å². The van der Waals surface area contributed by atoms with Gasteiger partial charge in [0.15, 0.2) is 0 Å². The predicted octanol–water partition coefficient (Wildman–Crippen LogP) is 6.29. The van der Waals surface area contributed by atoms with Gasteiger partial charge in [0.25, 0.3) is 0 Å². The first-order valence-corrected chi connectivity index (χ1v) is 9.82. The summed E-state index contributed by atoms with van der Waals surface area (Å²) in [6.07, 6.45) is -1.19. The fraction of sp³-hybridized carbons (Fsp3) is 0.100. The number of halogens is 6. The first-order chi connectivity index (χ1) is 13.9. The van der Waals surface area contributed by atoms with E-state index in [2.05, 4.69) is 0 Å². The van der Waals surface area contributed by atoms with Gasteiger partial charge in [0, 0.05) is 5.69 Å². The van der Waals surface area contributed by atoms with Crippen molar-refractivity contribution >= 4 is 38.6 Å². The lowest BCUT2D eigenvalue weighted by Crippen LogP contribution is -2.29. The van der Waals surface area contributed by atoms with Crippen LogP contribution in [-0.4, -0.2) is 13.9 Å². The minimum absolute atomic E-state index is 0.247. The average molecular weight is 445 g/mol. The Morgan fingerprint density at radius 1 is 0.800 bits per heavy atom. The molecule has 0 spiro atoms. The number of nitrogens with one attached hydrogen (secondary N) is 1. The van der Waals surface area contributed by atoms with Gasteiger partial charge in [0.05, 0.1) is 5.56 Å². The second kappa shape index (κ2) is 7.67. The lowest BCUT2D eigenvalue weighted by Gasteiger charge is -2.11. The van der Waals surface area contributed by atoms with Crippen molar-refractivity contribution < 1.29 is 34.8 Å². The van der Waals surface area contributed by atoms with E-state index in [-0.39, 0.29) is 5.69 Å². The Labute approximate surface area is 167 Å². The molecule has 0 radical (unpaired) electrons. The molecule has 0 aliphatic heterocycles. The summed E-state index contributed by atoms with van der Waals surface area (Å²) < 4.78 is 99.4. The van der Waals surface area contributed by atoms with E-state index in [4.69, 9.17) is 0 Å². The third-order valence-corrected chi connectivity index (χ3v) is 5.28. The number of hydrogen-bond acceptors (Lipinski definition) is 2. The van der Waals surface area contributed by atoms with Crippen LogP contribution in [0.15, 0.2) is 60.7 Å². The van der Waals surface area contributed by atoms with E-state index >= 15 is 0 Å². The zero-order valence-corrected chi connectivity index (χ0v) is 15.7. The zero-order valence-electron chi connectivity index (χ0n) is 14.9. The molecule has 10 heteroatoms. The van der Waals surface area contributed by atoms with Gasteiger partial charge in [-0.25, -0.2) is 0 Å². The number of benzene rings is 3. The minimum Gasteiger partial charge on any atom is -0.276 e. The van der Waals surface area contributed by atoms with Crippen LogP contribution in [0.3, 0.4) is 0 Å². The Bertz CT molecular complexity index is 1200. The summed E-state index contributed by atoms with van der Waals surface area (Å²) in [6.45, 7) is 0. The van der Waals surface area contributed by atoms with Crippen molar-refractivity contribution in [1.82, 2.24) is 0 Å². The van der Waals surface area contributed by atoms with Gasteiger partial charge >= 0.3 is 21.7 Å². The van der Waals surface area contributed by atoms with Crippen molar-refractivity contribution in [3.05, 3.63) is 77.4 Å². The molecule has 0 fully saturated rings. The molecule has 0 saturated heterocycles. The van der Waals surface area contributed by atoms with E-state index < -0.39 is 27.3 Å². The highest BCUT2D eigenvalue weighted by Crippen LogP contribution is 2.30. The predicted molar refractivity (Wildman–Crippen MR) is 103 cm³/mol. The number of anilines is 1. The molecule has 0 aromatic heterocycles. The second-order valence-electron chi connectivity index (χ2n) is 6.29. The highest BCUT2D eigenvalue weighted by atomic mass is 32.2. The summed E-state index contributed by atoms with van der Waals surface area (Å²) in [5, 5.41) is 1.10. The summed E-state index contributed by atoms with van der Waals surface area (Å²) in [7, 11) is -5.53. The van der Waals surface area contributed by atoms with Crippen LogP contribution >= 0.6 is 0 Å². The molecule has 3 nitrogen and oxygen atoms in total. The Hall–Kier alpha value is -3.01. The summed E-state index contributed by atoms with van der Waals surface area (Å²) in [6, 6.07) is 13.4. The molecular weight excluding hydrogens is 432 g/mol. The van der Waals surface area contributed by atoms with E-state index in [9.17, 15) is 34.8 Å². The molecule has 30 heavy (non-hydrogen) atoms. The summed E-state index contributed by atoms with van der Waals surface area (Å²) in [5.41, 5.74) is -5.27. The topological polar surface area (TPSA) is 46.2 Å². The van der Waals surface area contributed by atoms with Crippen LogP contribution in [0.1, 0.15) is 16.7 Å². The molecule has 158 valence electrons. The average Bonchev–Trinajstić information content (AvgIpc) is 2.64. The quantitative estimate of drug-likeness (QED) is 0.379. The number of fused-ring (bicyclic) bond motifs is 1. The molecule has 0 amide bonds. The molecule has 0 heterocycles. The molecule has 0 aliphatic carbocycles. The van der Waals surface area contributed by atoms with Gasteiger partial charge in [-0.2, -0.15) is 34.8 Å². The van der Waals surface area contributed by atoms with Crippen molar-refractivity contribution in [2.24, 2.45) is 0 Å². The number of hydrogen-bond donors (Lipinski definition) is 1. The van der Waals surface area contributed by atoms with Crippen LogP contribution in [0.25, 0.3) is 22.9 Å². The van der Waals surface area contributed by atoms with E-state index in [0.717, 1.165) is 12.1 Å². The summed E-state index contributed by atoms with van der Waals surface area (Å²) >= 11 is 0. The lowest BCUT2D eigenvalue weighted by atomic mass is 10.0. The third-order valence-electron chi connectivity index (χ3n) is 4.16. The fourth-order valence-electron chi connectivity index (χ4n) is 2.70. The smallest absolute Gasteiger partial charge is 0.276 e. The molecule has 0 aliphatic rings. The molecular formula is C20H13F6NO2S. The molecule has 3 rings (SSSR count). The maximum absolute atomic E-state index is 12.6. The maximum Gasteiger partial charge on any atom is 0.516 e. The number of sulfonamides is 1. The monoisotopic (exact) mass is 445 g/mol. The van der Waals surface area contributed by atoms with E-state index in [0.29, 0.717) is 21.9 Å². The first kappa shape index (κ1) is 21.7. The fourth-order valence-corrected chi connectivity index (χ4v) is 3.25. The van der Waals surface area contributed by atoms with Gasteiger partial charge in [-0.15, -0.1) is 0 Å². The summed E-state index contributed by atoms with van der Waals surface area (Å²) in [4.78, 5) is 0. The summed E-state index contributed by atoms with van der Waals surface area (Å²) in [5.74, 6) is 0. The zero-order chi connectivity index (χ0) is 22.2. The van der Waals surface area contributed by atoms with Crippen molar-refractivity contribution in [2.45, 2.75) is 11.7 Å². The molecule has 0 saturated carbocycles. The molecule has 0 bridgehead atoms. The van der Waals surface area contributed by atoms with E-state index in [1.54, 1.807) is 30.4 Å². The van der Waals surface area contributed by atoms with Gasteiger partial charge in [0.2, 0.25) is 0 Å². The third kappa shape index (κ3) is 4.76. The van der Waals surface area contributed by atoms with Crippen LogP contribution in [0.2, 0.25) is 0 Å². The van der Waals surface area contributed by atoms with Crippen molar-refractivity contribution in [2.75, 3.05) is 4.72 Å². The van der Waals surface area contributed by atoms with Crippen molar-refractivity contribution in [3.63, 3.8) is 0 Å². The van der Waals surface area contributed by atoms with Gasteiger partial charge in [-0.1, -0.05) is 48.6 Å². The van der Waals surface area contributed by atoms with Gasteiger partial charge in [-0.3, -0.25) is 4.72 Å². The van der Waals surface area contributed by atoms with Gasteiger partial charge in [-0.05, 0) is 46.2 Å². The molecule has 3 aromatic carbocycles. The Morgan fingerprint density at radius 3 is 2.07 bits per heavy atom. The van der Waals surface area contributed by atoms with Crippen molar-refractivity contribution in [3.8, 4) is 0 Å². The Balaban J connectivity index is 1.88. The number of alkyl halides is 6. The second-order valence-corrected chi connectivity index (χ2v) is 7.96. The number of rotatable bonds is 4. The maximum atomic E-state index is 12.6. The highest BCUT2D eigenvalue weighted by molar-refractivity contribution is 7.93. The molecule has 0 atom stereocenters. The van der Waals surface area contributed by atoms with E-state index in [1.165, 1.54) is 35.1 Å². The van der Waals surface area contributed by atoms with Gasteiger partial charge in [0.1, 0.15) is 0 Å². The Kier molecular flexibility index (Phi) is 5.55. The van der Waals surface area contributed by atoms with Crippen LogP contribution in [0.4, 0.5) is 32.0 Å². The van der Waals surface area contributed by atoms with Crippen LogP contribution < -0.4 is 4.72 Å². The van der Waals surface area contributed by atoms with E-state index in [1.807, 2.05) is 0 Å². The largest absolute Gasteiger partial charge is 0.516 e. The normalized spacial score (nSPS) is 13.1. The molecule has 1 N–H and O–H groups in total.